The first-order valence-corrected chi connectivity index (χ1v) is 5.06. The summed E-state index contributed by atoms with van der Waals surface area (Å²) in [5.41, 5.74) is 0. The SMILES string of the molecule is [C]#CCCC(CCC)SC. The molecule has 0 bridgehead atoms. The van der Waals surface area contributed by atoms with Crippen LogP contribution in [-0.2, 0) is 0 Å². The van der Waals surface area contributed by atoms with Crippen LogP contribution in [0, 0.1) is 12.3 Å². The summed E-state index contributed by atoms with van der Waals surface area (Å²) in [6.07, 6.45) is 13.4. The number of thioether (sulfide) groups is 1. The maximum atomic E-state index is 6.74. The molecule has 0 fully saturated rings. The quantitative estimate of drug-likeness (QED) is 0.550. The molecule has 0 amide bonds. The molecule has 0 rings (SSSR count). The molecular formula is C9H15S. The van der Waals surface area contributed by atoms with E-state index >= 15 is 0 Å². The van der Waals surface area contributed by atoms with E-state index in [-0.39, 0.29) is 0 Å². The van der Waals surface area contributed by atoms with E-state index in [0.29, 0.717) is 0 Å². The minimum atomic E-state index is 0.753. The molecule has 0 saturated heterocycles. The summed E-state index contributed by atoms with van der Waals surface area (Å²) >= 11 is 1.91. The third-order valence-corrected chi connectivity index (χ3v) is 2.67. The van der Waals surface area contributed by atoms with E-state index in [1.54, 1.807) is 0 Å². The van der Waals surface area contributed by atoms with Crippen LogP contribution in [-0.4, -0.2) is 11.5 Å². The Morgan fingerprint density at radius 2 is 2.20 bits per heavy atom. The summed E-state index contributed by atoms with van der Waals surface area (Å²) in [5.74, 6) is 2.43. The molecule has 1 radical (unpaired) electrons. The van der Waals surface area contributed by atoms with Gasteiger partial charge in [-0.25, -0.2) is 0 Å². The highest BCUT2D eigenvalue weighted by Crippen LogP contribution is 2.17. The van der Waals surface area contributed by atoms with Gasteiger partial charge in [0.1, 0.15) is 0 Å². The summed E-state index contributed by atoms with van der Waals surface area (Å²) in [5, 5.41) is 0.753. The second kappa shape index (κ2) is 7.02. The number of hydrogen-bond acceptors (Lipinski definition) is 1. The molecule has 0 aliphatic rings. The highest BCUT2D eigenvalue weighted by Gasteiger charge is 2.02. The van der Waals surface area contributed by atoms with Gasteiger partial charge in [-0.15, -0.1) is 0 Å². The average molecular weight is 155 g/mol. The average Bonchev–Trinajstić information content (AvgIpc) is 1.98. The second-order valence-corrected chi connectivity index (χ2v) is 3.50. The van der Waals surface area contributed by atoms with Gasteiger partial charge in [-0.3, -0.25) is 0 Å². The van der Waals surface area contributed by atoms with Gasteiger partial charge in [0.15, 0.2) is 0 Å². The lowest BCUT2D eigenvalue weighted by Gasteiger charge is -2.09. The van der Waals surface area contributed by atoms with Crippen molar-refractivity contribution >= 4 is 11.8 Å². The van der Waals surface area contributed by atoms with Gasteiger partial charge in [-0.2, -0.15) is 11.8 Å². The van der Waals surface area contributed by atoms with Crippen molar-refractivity contribution in [3.63, 3.8) is 0 Å². The van der Waals surface area contributed by atoms with Crippen LogP contribution >= 0.6 is 11.8 Å². The molecule has 0 heterocycles. The Morgan fingerprint density at radius 3 is 2.60 bits per heavy atom. The molecule has 1 heteroatoms. The van der Waals surface area contributed by atoms with Gasteiger partial charge in [0.25, 0.3) is 0 Å². The van der Waals surface area contributed by atoms with Crippen molar-refractivity contribution in [3.05, 3.63) is 6.42 Å². The van der Waals surface area contributed by atoms with Crippen LogP contribution < -0.4 is 0 Å². The van der Waals surface area contributed by atoms with Gasteiger partial charge in [0, 0.05) is 11.7 Å². The first-order valence-electron chi connectivity index (χ1n) is 3.77. The number of rotatable bonds is 5. The van der Waals surface area contributed by atoms with E-state index in [0.717, 1.165) is 18.1 Å². The first-order chi connectivity index (χ1) is 4.85. The fourth-order valence-corrected chi connectivity index (χ4v) is 1.76. The standard InChI is InChI=1S/C9H15S/c1-4-6-8-9(10-3)7-5-2/h9H,5-8H2,2-3H3. The summed E-state index contributed by atoms with van der Waals surface area (Å²) < 4.78 is 0. The summed E-state index contributed by atoms with van der Waals surface area (Å²) in [6.45, 7) is 2.21. The predicted molar refractivity (Wildman–Crippen MR) is 48.6 cm³/mol. The lowest BCUT2D eigenvalue weighted by molar-refractivity contribution is 0.698. The summed E-state index contributed by atoms with van der Waals surface area (Å²) in [7, 11) is 0. The second-order valence-electron chi connectivity index (χ2n) is 2.36. The third-order valence-electron chi connectivity index (χ3n) is 1.54. The normalized spacial score (nSPS) is 12.5. The fourth-order valence-electron chi connectivity index (χ4n) is 0.935. The maximum Gasteiger partial charge on any atom is 0.0109 e. The highest BCUT2D eigenvalue weighted by molar-refractivity contribution is 7.99. The highest BCUT2D eigenvalue weighted by atomic mass is 32.2. The minimum absolute atomic E-state index is 0.753. The summed E-state index contributed by atoms with van der Waals surface area (Å²) in [4.78, 5) is 0. The van der Waals surface area contributed by atoms with Crippen molar-refractivity contribution in [1.29, 1.82) is 0 Å². The largest absolute Gasteiger partial charge is 0.162 e. The van der Waals surface area contributed by atoms with Crippen molar-refractivity contribution in [2.75, 3.05) is 6.26 Å². The Labute approximate surface area is 68.8 Å². The Balaban J connectivity index is 3.32. The Hall–Kier alpha value is -0.0900. The molecule has 0 aromatic rings. The van der Waals surface area contributed by atoms with E-state index in [1.165, 1.54) is 12.8 Å². The predicted octanol–water partition coefficient (Wildman–Crippen LogP) is 2.89. The van der Waals surface area contributed by atoms with Gasteiger partial charge in [-0.1, -0.05) is 19.3 Å². The van der Waals surface area contributed by atoms with E-state index < -0.39 is 0 Å². The van der Waals surface area contributed by atoms with E-state index in [9.17, 15) is 0 Å². The van der Waals surface area contributed by atoms with Crippen LogP contribution in [0.5, 0.6) is 0 Å². The Morgan fingerprint density at radius 1 is 1.50 bits per heavy atom. The topological polar surface area (TPSA) is 0 Å². The maximum absolute atomic E-state index is 6.74. The van der Waals surface area contributed by atoms with Crippen LogP contribution in [0.4, 0.5) is 0 Å². The zero-order valence-electron chi connectivity index (χ0n) is 6.81. The molecule has 1 atom stereocenters. The first kappa shape index (κ1) is 9.91. The molecule has 0 nitrogen and oxygen atoms in total. The Bertz CT molecular complexity index is 102. The molecule has 1 unspecified atom stereocenters. The van der Waals surface area contributed by atoms with Gasteiger partial charge in [0.2, 0.25) is 0 Å². The zero-order valence-corrected chi connectivity index (χ0v) is 7.63. The zero-order chi connectivity index (χ0) is 7.82. The molecule has 0 aliphatic carbocycles. The van der Waals surface area contributed by atoms with Crippen LogP contribution in [0.25, 0.3) is 0 Å². The van der Waals surface area contributed by atoms with E-state index in [4.69, 9.17) is 6.42 Å². The summed E-state index contributed by atoms with van der Waals surface area (Å²) in [6, 6.07) is 0. The van der Waals surface area contributed by atoms with E-state index in [2.05, 4.69) is 19.1 Å². The van der Waals surface area contributed by atoms with Crippen LogP contribution in [0.3, 0.4) is 0 Å². The van der Waals surface area contributed by atoms with Gasteiger partial charge < -0.3 is 0 Å². The molecule has 0 aliphatic heterocycles. The Kier molecular flexibility index (Phi) is 6.96. The molecule has 0 N–H and O–H groups in total. The smallest absolute Gasteiger partial charge is 0.0109 e. The van der Waals surface area contributed by atoms with Crippen molar-refractivity contribution in [3.8, 4) is 5.92 Å². The van der Waals surface area contributed by atoms with Crippen molar-refractivity contribution < 1.29 is 0 Å². The minimum Gasteiger partial charge on any atom is -0.162 e. The molecule has 0 saturated carbocycles. The molecule has 10 heavy (non-hydrogen) atoms. The molecule has 0 aromatic heterocycles. The fraction of sp³-hybridized carbons (Fsp3) is 0.778. The molecule has 0 spiro atoms. The van der Waals surface area contributed by atoms with Crippen molar-refractivity contribution in [1.82, 2.24) is 0 Å². The molecule has 0 aromatic carbocycles. The lowest BCUT2D eigenvalue weighted by atomic mass is 10.1. The molecular weight excluding hydrogens is 140 g/mol. The molecule has 57 valence electrons. The van der Waals surface area contributed by atoms with Gasteiger partial charge in [0.05, 0.1) is 0 Å². The third kappa shape index (κ3) is 4.76. The van der Waals surface area contributed by atoms with E-state index in [1.807, 2.05) is 11.8 Å². The monoisotopic (exact) mass is 155 g/mol. The van der Waals surface area contributed by atoms with Crippen LogP contribution in [0.2, 0.25) is 0 Å². The van der Waals surface area contributed by atoms with Crippen molar-refractivity contribution in [2.24, 2.45) is 0 Å². The van der Waals surface area contributed by atoms with Crippen LogP contribution in [0.15, 0.2) is 0 Å². The lowest BCUT2D eigenvalue weighted by Crippen LogP contribution is -1.99. The van der Waals surface area contributed by atoms with Gasteiger partial charge in [-0.05, 0) is 25.5 Å². The van der Waals surface area contributed by atoms with Gasteiger partial charge >= 0.3 is 0 Å². The van der Waals surface area contributed by atoms with Crippen LogP contribution in [0.1, 0.15) is 32.6 Å². The van der Waals surface area contributed by atoms with Crippen molar-refractivity contribution in [2.45, 2.75) is 37.9 Å². The number of hydrogen-bond donors (Lipinski definition) is 0.